The van der Waals surface area contributed by atoms with Gasteiger partial charge in [0.05, 0.1) is 11.5 Å². The topological polar surface area (TPSA) is 67.4 Å². The number of aromatic nitrogens is 2. The summed E-state index contributed by atoms with van der Waals surface area (Å²) in [4.78, 5) is 7.32. The monoisotopic (exact) mass is 456 g/mol. The second-order valence-electron chi connectivity index (χ2n) is 8.60. The van der Waals surface area contributed by atoms with Crippen molar-refractivity contribution in [2.75, 3.05) is 14.2 Å². The fourth-order valence-electron chi connectivity index (χ4n) is 4.91. The molecule has 0 fully saturated rings. The van der Waals surface area contributed by atoms with Gasteiger partial charge in [-0.15, -0.1) is 0 Å². The summed E-state index contributed by atoms with van der Waals surface area (Å²) < 4.78 is 12.2. The number of H-pyrrole nitrogens is 1. The van der Waals surface area contributed by atoms with Crippen LogP contribution in [0.2, 0.25) is 0 Å². The van der Waals surface area contributed by atoms with Gasteiger partial charge in [0.25, 0.3) is 0 Å². The van der Waals surface area contributed by atoms with Gasteiger partial charge in [-0.1, -0.05) is 91.0 Å². The first-order chi connectivity index (χ1) is 16.6. The summed E-state index contributed by atoms with van der Waals surface area (Å²) in [7, 11) is 3.30. The molecular formula is C29H32N2O3. The van der Waals surface area contributed by atoms with Crippen LogP contribution in [0.25, 0.3) is 0 Å². The van der Waals surface area contributed by atoms with E-state index in [2.05, 4.69) is 82.8 Å². The third-order valence-corrected chi connectivity index (χ3v) is 6.61. The fraction of sp³-hybridized carbons (Fsp3) is 0.276. The van der Waals surface area contributed by atoms with Gasteiger partial charge in [-0.25, -0.2) is 4.98 Å². The quantitative estimate of drug-likeness (QED) is 0.243. The summed E-state index contributed by atoms with van der Waals surface area (Å²) in [5.41, 5.74) is 2.82. The van der Waals surface area contributed by atoms with E-state index in [0.717, 1.165) is 22.5 Å². The number of ether oxygens (including phenoxy) is 2. The van der Waals surface area contributed by atoms with Crippen molar-refractivity contribution in [2.45, 2.75) is 36.6 Å². The lowest BCUT2D eigenvalue weighted by molar-refractivity contribution is -0.230. The Morgan fingerprint density at radius 3 is 1.65 bits per heavy atom. The molecule has 34 heavy (non-hydrogen) atoms. The molecule has 3 aromatic carbocycles. The van der Waals surface area contributed by atoms with E-state index < -0.39 is 17.3 Å². The maximum atomic E-state index is 11.0. The van der Waals surface area contributed by atoms with E-state index >= 15 is 0 Å². The van der Waals surface area contributed by atoms with E-state index in [0.29, 0.717) is 12.8 Å². The summed E-state index contributed by atoms with van der Waals surface area (Å²) in [5, 5.41) is 11.0. The highest BCUT2D eigenvalue weighted by atomic mass is 16.7. The molecule has 0 bridgehead atoms. The highest BCUT2D eigenvalue weighted by molar-refractivity contribution is 5.50. The molecule has 0 saturated carbocycles. The third kappa shape index (κ3) is 4.97. The normalized spacial score (nSPS) is 13.0. The lowest BCUT2D eigenvalue weighted by atomic mass is 9.65. The van der Waals surface area contributed by atoms with Crippen LogP contribution in [0.5, 0.6) is 0 Å². The zero-order valence-corrected chi connectivity index (χ0v) is 19.7. The molecule has 5 heteroatoms. The van der Waals surface area contributed by atoms with Gasteiger partial charge < -0.3 is 19.6 Å². The number of nitrogens with zero attached hydrogens (tertiary/aromatic N) is 1. The Balaban J connectivity index is 1.83. The Morgan fingerprint density at radius 2 is 1.26 bits per heavy atom. The molecule has 0 aliphatic rings. The van der Waals surface area contributed by atoms with E-state index in [9.17, 15) is 5.11 Å². The molecule has 1 heterocycles. The van der Waals surface area contributed by atoms with Gasteiger partial charge in [-0.05, 0) is 16.7 Å². The summed E-state index contributed by atoms with van der Waals surface area (Å²) in [6.07, 6.45) is 3.89. The standard InChI is InChI=1S/C29H32N2O3/c1-33-28(34-2,21-26(32)20-27-30-18-19-31-27)22-29(23-12-6-3-7-13-23,24-14-8-4-9-15-24)25-16-10-5-11-17-25/h3-19,26,32H,20-22H2,1-2H3,(H,30,31). The molecule has 4 rings (SSSR count). The molecule has 1 atom stereocenters. The number of imidazole rings is 1. The van der Waals surface area contributed by atoms with Crippen molar-refractivity contribution in [3.8, 4) is 0 Å². The van der Waals surface area contributed by atoms with Crippen LogP contribution < -0.4 is 0 Å². The van der Waals surface area contributed by atoms with Crippen LogP contribution in [0.1, 0.15) is 35.4 Å². The molecule has 0 amide bonds. The highest BCUT2D eigenvalue weighted by Crippen LogP contribution is 2.47. The molecule has 176 valence electrons. The fourth-order valence-corrected chi connectivity index (χ4v) is 4.91. The van der Waals surface area contributed by atoms with Crippen LogP contribution in [0.3, 0.4) is 0 Å². The number of hydrogen-bond acceptors (Lipinski definition) is 4. The molecule has 0 aliphatic heterocycles. The molecule has 5 nitrogen and oxygen atoms in total. The number of rotatable bonds is 11. The molecular weight excluding hydrogens is 424 g/mol. The smallest absolute Gasteiger partial charge is 0.171 e. The van der Waals surface area contributed by atoms with Gasteiger partial charge in [0.1, 0.15) is 5.82 Å². The second kappa shape index (κ2) is 10.8. The summed E-state index contributed by atoms with van der Waals surface area (Å²) >= 11 is 0. The van der Waals surface area contributed by atoms with Gasteiger partial charge in [-0.2, -0.15) is 0 Å². The molecule has 0 radical (unpaired) electrons. The van der Waals surface area contributed by atoms with Crippen LogP contribution in [0.4, 0.5) is 0 Å². The van der Waals surface area contributed by atoms with Crippen molar-refractivity contribution >= 4 is 0 Å². The number of aromatic amines is 1. The maximum absolute atomic E-state index is 11.0. The zero-order valence-electron chi connectivity index (χ0n) is 19.7. The van der Waals surface area contributed by atoms with E-state index in [-0.39, 0.29) is 6.42 Å². The minimum atomic E-state index is -1.05. The van der Waals surface area contributed by atoms with Gasteiger partial charge in [0.2, 0.25) is 0 Å². The van der Waals surface area contributed by atoms with Crippen molar-refractivity contribution in [3.63, 3.8) is 0 Å². The van der Waals surface area contributed by atoms with E-state index in [1.807, 2.05) is 18.2 Å². The molecule has 4 aromatic rings. The zero-order chi connectivity index (χ0) is 23.9. The first kappa shape index (κ1) is 23.9. The van der Waals surface area contributed by atoms with Crippen molar-refractivity contribution in [1.29, 1.82) is 0 Å². The Morgan fingerprint density at radius 1 is 0.794 bits per heavy atom. The number of aliphatic hydroxyl groups excluding tert-OH is 1. The highest BCUT2D eigenvalue weighted by Gasteiger charge is 2.46. The van der Waals surface area contributed by atoms with Crippen LogP contribution in [0, 0.1) is 0 Å². The van der Waals surface area contributed by atoms with Crippen molar-refractivity contribution in [2.24, 2.45) is 0 Å². The van der Waals surface area contributed by atoms with Crippen LogP contribution in [-0.2, 0) is 21.3 Å². The SMILES string of the molecule is COC(CC(O)Cc1ncc[nH]1)(CC(c1ccccc1)(c1ccccc1)c1ccccc1)OC. The summed E-state index contributed by atoms with van der Waals surface area (Å²) in [6, 6.07) is 31.3. The van der Waals surface area contributed by atoms with Crippen LogP contribution in [0.15, 0.2) is 103 Å². The lowest BCUT2D eigenvalue weighted by Crippen LogP contribution is -2.46. The maximum Gasteiger partial charge on any atom is 0.171 e. The first-order valence-corrected chi connectivity index (χ1v) is 11.5. The van der Waals surface area contributed by atoms with E-state index in [1.165, 1.54) is 0 Å². The Hall–Kier alpha value is -3.25. The van der Waals surface area contributed by atoms with Gasteiger partial charge >= 0.3 is 0 Å². The van der Waals surface area contributed by atoms with Crippen molar-refractivity contribution in [3.05, 3.63) is 126 Å². The number of hydrogen-bond donors (Lipinski definition) is 2. The summed E-state index contributed by atoms with van der Waals surface area (Å²) in [5.74, 6) is -0.317. The van der Waals surface area contributed by atoms with Crippen molar-refractivity contribution < 1.29 is 14.6 Å². The van der Waals surface area contributed by atoms with Crippen LogP contribution >= 0.6 is 0 Å². The molecule has 0 aliphatic carbocycles. The molecule has 0 saturated heterocycles. The average Bonchev–Trinajstić information content (AvgIpc) is 3.41. The van der Waals surface area contributed by atoms with Crippen LogP contribution in [-0.4, -0.2) is 41.2 Å². The molecule has 2 N–H and O–H groups in total. The lowest BCUT2D eigenvalue weighted by Gasteiger charge is -2.44. The first-order valence-electron chi connectivity index (χ1n) is 11.5. The van der Waals surface area contributed by atoms with Gasteiger partial charge in [0, 0.05) is 45.9 Å². The van der Waals surface area contributed by atoms with E-state index in [1.54, 1.807) is 26.6 Å². The largest absolute Gasteiger partial charge is 0.392 e. The Labute approximate surface area is 201 Å². The molecule has 1 unspecified atom stereocenters. The van der Waals surface area contributed by atoms with Gasteiger partial charge in [0.15, 0.2) is 5.79 Å². The number of methoxy groups -OCH3 is 2. The van der Waals surface area contributed by atoms with Crippen molar-refractivity contribution in [1.82, 2.24) is 9.97 Å². The van der Waals surface area contributed by atoms with E-state index in [4.69, 9.17) is 9.47 Å². The second-order valence-corrected chi connectivity index (χ2v) is 8.60. The minimum absolute atomic E-state index is 0.287. The number of benzene rings is 3. The minimum Gasteiger partial charge on any atom is -0.392 e. The third-order valence-electron chi connectivity index (χ3n) is 6.61. The predicted octanol–water partition coefficient (Wildman–Crippen LogP) is 5.12. The predicted molar refractivity (Wildman–Crippen MR) is 133 cm³/mol. The molecule has 1 aromatic heterocycles. The Bertz CT molecular complexity index is 1020. The number of aliphatic hydroxyl groups is 1. The Kier molecular flexibility index (Phi) is 7.58. The number of nitrogens with one attached hydrogen (secondary N) is 1. The summed E-state index contributed by atoms with van der Waals surface area (Å²) in [6.45, 7) is 0. The average molecular weight is 457 g/mol. The molecule has 0 spiro atoms. The van der Waals surface area contributed by atoms with Gasteiger partial charge in [-0.3, -0.25) is 0 Å².